The van der Waals surface area contributed by atoms with Gasteiger partial charge >= 0.3 is 0 Å². The Morgan fingerprint density at radius 3 is 2.60 bits per heavy atom. The number of thiazole rings is 1. The molecule has 30 heavy (non-hydrogen) atoms. The van der Waals surface area contributed by atoms with E-state index in [0.29, 0.717) is 28.7 Å². The minimum Gasteiger partial charge on any atom is -0.337 e. The topological polar surface area (TPSA) is 62.3 Å². The second-order valence-corrected chi connectivity index (χ2v) is 8.82. The van der Waals surface area contributed by atoms with Crippen LogP contribution in [0.4, 0.5) is 5.69 Å². The number of rotatable bonds is 4. The van der Waals surface area contributed by atoms with Gasteiger partial charge in [-0.3, -0.25) is 9.59 Å². The zero-order valence-corrected chi connectivity index (χ0v) is 18.2. The highest BCUT2D eigenvalue weighted by atomic mass is 35.5. The van der Waals surface area contributed by atoms with Crippen LogP contribution in [0.3, 0.4) is 0 Å². The summed E-state index contributed by atoms with van der Waals surface area (Å²) in [5.74, 6) is -0.309. The van der Waals surface area contributed by atoms with Crippen molar-refractivity contribution in [2.24, 2.45) is 5.92 Å². The Hall–Kier alpha value is -2.70. The number of likely N-dealkylation sites (tertiary alicyclic amines) is 1. The van der Waals surface area contributed by atoms with Crippen LogP contribution < -0.4 is 5.32 Å². The van der Waals surface area contributed by atoms with Crippen LogP contribution in [0.1, 0.15) is 28.2 Å². The van der Waals surface area contributed by atoms with Gasteiger partial charge in [0.1, 0.15) is 9.88 Å². The average Bonchev–Trinajstić information content (AvgIpc) is 3.16. The number of nitrogens with zero attached hydrogens (tertiary/aromatic N) is 2. The minimum absolute atomic E-state index is 0.0402. The van der Waals surface area contributed by atoms with Gasteiger partial charge in [-0.25, -0.2) is 4.98 Å². The second-order valence-electron chi connectivity index (χ2n) is 7.39. The number of para-hydroxylation sites is 1. The van der Waals surface area contributed by atoms with E-state index >= 15 is 0 Å². The molecule has 154 valence electrons. The van der Waals surface area contributed by atoms with E-state index in [1.807, 2.05) is 61.5 Å². The molecule has 2 aromatic carbocycles. The van der Waals surface area contributed by atoms with Crippen molar-refractivity contribution in [2.45, 2.75) is 19.8 Å². The van der Waals surface area contributed by atoms with Crippen molar-refractivity contribution in [3.63, 3.8) is 0 Å². The summed E-state index contributed by atoms with van der Waals surface area (Å²) in [7, 11) is 0. The Labute approximate surface area is 184 Å². The number of anilines is 1. The van der Waals surface area contributed by atoms with Gasteiger partial charge in [-0.15, -0.1) is 11.3 Å². The van der Waals surface area contributed by atoms with E-state index in [9.17, 15) is 9.59 Å². The molecule has 2 heterocycles. The van der Waals surface area contributed by atoms with E-state index in [0.717, 1.165) is 29.1 Å². The first-order chi connectivity index (χ1) is 14.5. The summed E-state index contributed by atoms with van der Waals surface area (Å²) in [6, 6.07) is 16.8. The number of hydrogen-bond donors (Lipinski definition) is 1. The standard InChI is InChI=1S/C23H22ClN3O2S/c1-15-20(30-22(25-15)16-9-11-18(24)12-10-16)23(29)27-13-5-6-17(14-27)21(28)26-19-7-3-2-4-8-19/h2-4,7-12,17H,5-6,13-14H2,1H3,(H,26,28). The van der Waals surface area contributed by atoms with Crippen molar-refractivity contribution in [1.82, 2.24) is 9.88 Å². The Bertz CT molecular complexity index is 1050. The molecule has 1 aliphatic rings. The molecule has 0 spiro atoms. The molecule has 0 saturated carbocycles. The van der Waals surface area contributed by atoms with Crippen molar-refractivity contribution >= 4 is 40.4 Å². The van der Waals surface area contributed by atoms with Gasteiger partial charge in [0.2, 0.25) is 5.91 Å². The predicted molar refractivity (Wildman–Crippen MR) is 121 cm³/mol. The monoisotopic (exact) mass is 439 g/mol. The highest BCUT2D eigenvalue weighted by Gasteiger charge is 2.30. The fourth-order valence-corrected chi connectivity index (χ4v) is 4.76. The molecule has 0 aliphatic carbocycles. The first-order valence-electron chi connectivity index (χ1n) is 9.90. The largest absolute Gasteiger partial charge is 0.337 e. The Balaban J connectivity index is 1.46. The minimum atomic E-state index is -0.216. The van der Waals surface area contributed by atoms with Crippen molar-refractivity contribution < 1.29 is 9.59 Å². The fourth-order valence-electron chi connectivity index (χ4n) is 3.60. The van der Waals surface area contributed by atoms with Gasteiger partial charge in [-0.2, -0.15) is 0 Å². The third-order valence-corrected chi connectivity index (χ3v) is 6.65. The number of nitrogens with one attached hydrogen (secondary N) is 1. The molecule has 1 atom stereocenters. The molecule has 1 unspecified atom stereocenters. The maximum Gasteiger partial charge on any atom is 0.265 e. The predicted octanol–water partition coefficient (Wildman–Crippen LogP) is 5.26. The lowest BCUT2D eigenvalue weighted by Gasteiger charge is -2.31. The number of benzene rings is 2. The number of aryl methyl sites for hydroxylation is 1. The first kappa shape index (κ1) is 20.6. The summed E-state index contributed by atoms with van der Waals surface area (Å²) in [5, 5.41) is 4.41. The van der Waals surface area contributed by atoms with E-state index < -0.39 is 0 Å². The van der Waals surface area contributed by atoms with Crippen LogP contribution in [0.5, 0.6) is 0 Å². The van der Waals surface area contributed by atoms with Crippen LogP contribution in [0.15, 0.2) is 54.6 Å². The molecule has 3 aromatic rings. The van der Waals surface area contributed by atoms with Crippen LogP contribution in [-0.2, 0) is 4.79 Å². The summed E-state index contributed by atoms with van der Waals surface area (Å²) >= 11 is 7.35. The Morgan fingerprint density at radius 2 is 1.87 bits per heavy atom. The van der Waals surface area contributed by atoms with E-state index in [-0.39, 0.29) is 17.7 Å². The maximum absolute atomic E-state index is 13.2. The molecule has 0 radical (unpaired) electrons. The number of aromatic nitrogens is 1. The molecule has 4 rings (SSSR count). The van der Waals surface area contributed by atoms with Crippen LogP contribution >= 0.6 is 22.9 Å². The van der Waals surface area contributed by atoms with E-state index in [1.54, 1.807) is 4.90 Å². The van der Waals surface area contributed by atoms with Gasteiger partial charge in [0.25, 0.3) is 5.91 Å². The summed E-state index contributed by atoms with van der Waals surface area (Å²) < 4.78 is 0. The molecule has 1 saturated heterocycles. The van der Waals surface area contributed by atoms with Crippen LogP contribution in [-0.4, -0.2) is 34.8 Å². The van der Waals surface area contributed by atoms with Gasteiger partial charge in [0, 0.05) is 29.4 Å². The van der Waals surface area contributed by atoms with Crippen molar-refractivity contribution in [3.8, 4) is 10.6 Å². The molecule has 1 aliphatic heterocycles. The lowest BCUT2D eigenvalue weighted by molar-refractivity contribution is -0.121. The maximum atomic E-state index is 13.2. The molecular weight excluding hydrogens is 418 g/mol. The Kier molecular flexibility index (Phi) is 6.16. The lowest BCUT2D eigenvalue weighted by atomic mass is 9.96. The van der Waals surface area contributed by atoms with Crippen molar-refractivity contribution in [1.29, 1.82) is 0 Å². The fraction of sp³-hybridized carbons (Fsp3) is 0.261. The number of carbonyl (C=O) groups excluding carboxylic acids is 2. The number of carbonyl (C=O) groups is 2. The molecule has 1 aromatic heterocycles. The van der Waals surface area contributed by atoms with E-state index in [2.05, 4.69) is 10.3 Å². The molecule has 0 bridgehead atoms. The second kappa shape index (κ2) is 8.98. The summed E-state index contributed by atoms with van der Waals surface area (Å²) in [4.78, 5) is 32.9. The quantitative estimate of drug-likeness (QED) is 0.602. The highest BCUT2D eigenvalue weighted by Crippen LogP contribution is 2.31. The van der Waals surface area contributed by atoms with Gasteiger partial charge < -0.3 is 10.2 Å². The van der Waals surface area contributed by atoms with Crippen molar-refractivity contribution in [3.05, 3.63) is 70.2 Å². The molecule has 1 N–H and O–H groups in total. The summed E-state index contributed by atoms with van der Waals surface area (Å²) in [5.41, 5.74) is 2.42. The molecule has 7 heteroatoms. The number of piperidine rings is 1. The molecule has 1 fully saturated rings. The summed E-state index contributed by atoms with van der Waals surface area (Å²) in [6.45, 7) is 2.93. The summed E-state index contributed by atoms with van der Waals surface area (Å²) in [6.07, 6.45) is 1.58. The third-order valence-electron chi connectivity index (χ3n) is 5.20. The Morgan fingerprint density at radius 1 is 1.13 bits per heavy atom. The van der Waals surface area contributed by atoms with Crippen molar-refractivity contribution in [2.75, 3.05) is 18.4 Å². The molecule has 5 nitrogen and oxygen atoms in total. The first-order valence-corrected chi connectivity index (χ1v) is 11.1. The van der Waals surface area contributed by atoms with Gasteiger partial charge in [-0.05, 0) is 44.0 Å². The van der Waals surface area contributed by atoms with Crippen LogP contribution in [0, 0.1) is 12.8 Å². The van der Waals surface area contributed by atoms with Crippen LogP contribution in [0.2, 0.25) is 5.02 Å². The molecule has 2 amide bonds. The van der Waals surface area contributed by atoms with E-state index in [1.165, 1.54) is 11.3 Å². The zero-order chi connectivity index (χ0) is 21.1. The molecular formula is C23H22ClN3O2S. The highest BCUT2D eigenvalue weighted by molar-refractivity contribution is 7.17. The SMILES string of the molecule is Cc1nc(-c2ccc(Cl)cc2)sc1C(=O)N1CCCC(C(=O)Nc2ccccc2)C1. The van der Waals surface area contributed by atoms with E-state index in [4.69, 9.17) is 11.6 Å². The zero-order valence-electron chi connectivity index (χ0n) is 16.6. The third kappa shape index (κ3) is 4.55. The van der Waals surface area contributed by atoms with Gasteiger partial charge in [0.15, 0.2) is 0 Å². The number of hydrogen-bond acceptors (Lipinski definition) is 4. The van der Waals surface area contributed by atoms with Gasteiger partial charge in [0.05, 0.1) is 11.6 Å². The number of halogens is 1. The van der Waals surface area contributed by atoms with Crippen LogP contribution in [0.25, 0.3) is 10.6 Å². The lowest BCUT2D eigenvalue weighted by Crippen LogP contribution is -2.43. The van der Waals surface area contributed by atoms with Gasteiger partial charge in [-0.1, -0.05) is 41.9 Å². The average molecular weight is 440 g/mol. The normalized spacial score (nSPS) is 16.3. The smallest absolute Gasteiger partial charge is 0.265 e. The number of amides is 2.